The summed E-state index contributed by atoms with van der Waals surface area (Å²) >= 11 is 1.69. The third kappa shape index (κ3) is 7.60. The molecule has 0 unspecified atom stereocenters. The summed E-state index contributed by atoms with van der Waals surface area (Å²) in [5.41, 5.74) is 0. The molecule has 7 heteroatoms. The summed E-state index contributed by atoms with van der Waals surface area (Å²) in [6, 6.07) is 4.18. The summed E-state index contributed by atoms with van der Waals surface area (Å²) in [5.74, 6) is 0.984. The fraction of sp³-hybridized carbons (Fsp3) is 0.700. The van der Waals surface area contributed by atoms with Crippen molar-refractivity contribution in [3.63, 3.8) is 0 Å². The molecule has 2 heterocycles. The topological polar surface area (TPSA) is 64.7 Å². The summed E-state index contributed by atoms with van der Waals surface area (Å²) in [5, 5.41) is 8.20. The molecule has 0 bridgehead atoms. The quantitative estimate of drug-likeness (QED) is 0.672. The summed E-state index contributed by atoms with van der Waals surface area (Å²) in [6.45, 7) is 13.3. The molecule has 1 aliphatic rings. The van der Waals surface area contributed by atoms with Gasteiger partial charge in [0.25, 0.3) is 0 Å². The minimum absolute atomic E-state index is 0.0726. The maximum absolute atomic E-state index is 12.5. The zero-order valence-corrected chi connectivity index (χ0v) is 17.8. The molecule has 0 spiro atoms. The van der Waals surface area contributed by atoms with Gasteiger partial charge < -0.3 is 10.6 Å². The van der Waals surface area contributed by atoms with E-state index in [1.807, 2.05) is 11.4 Å². The van der Waals surface area contributed by atoms with Gasteiger partial charge in [-0.15, -0.1) is 11.3 Å². The molecule has 1 fully saturated rings. The molecule has 1 atom stereocenters. The fourth-order valence-electron chi connectivity index (χ4n) is 3.14. The van der Waals surface area contributed by atoms with E-state index in [0.29, 0.717) is 24.9 Å². The summed E-state index contributed by atoms with van der Waals surface area (Å²) in [6.07, 6.45) is 0. The van der Waals surface area contributed by atoms with Crippen molar-refractivity contribution in [1.82, 2.24) is 20.4 Å². The maximum atomic E-state index is 12.5. The van der Waals surface area contributed by atoms with Crippen LogP contribution in [-0.4, -0.2) is 67.4 Å². The Kier molecular flexibility index (Phi) is 8.73. The monoisotopic (exact) mass is 394 g/mol. The lowest BCUT2D eigenvalue weighted by Gasteiger charge is -2.34. The van der Waals surface area contributed by atoms with Crippen LogP contribution in [0.4, 0.5) is 0 Å². The average Bonchev–Trinajstić information content (AvgIpc) is 3.13. The van der Waals surface area contributed by atoms with Crippen LogP contribution in [-0.2, 0) is 9.59 Å². The van der Waals surface area contributed by atoms with Crippen LogP contribution < -0.4 is 10.6 Å². The summed E-state index contributed by atoms with van der Waals surface area (Å²) < 4.78 is 0. The number of hydrogen-bond acceptors (Lipinski definition) is 5. The number of nitrogens with one attached hydrogen (secondary N) is 2. The molecular weight excluding hydrogens is 360 g/mol. The van der Waals surface area contributed by atoms with Gasteiger partial charge in [0.15, 0.2) is 0 Å². The molecule has 0 radical (unpaired) electrons. The van der Waals surface area contributed by atoms with E-state index in [9.17, 15) is 9.59 Å². The smallest absolute Gasteiger partial charge is 0.234 e. The first-order chi connectivity index (χ1) is 12.8. The zero-order valence-electron chi connectivity index (χ0n) is 17.0. The van der Waals surface area contributed by atoms with Gasteiger partial charge in [0.05, 0.1) is 19.1 Å². The van der Waals surface area contributed by atoms with Gasteiger partial charge in [-0.2, -0.15) is 0 Å². The van der Waals surface area contributed by atoms with Gasteiger partial charge in [0.1, 0.15) is 0 Å². The minimum Gasteiger partial charge on any atom is -0.355 e. The van der Waals surface area contributed by atoms with Crippen LogP contribution in [0, 0.1) is 11.8 Å². The second-order valence-electron chi connectivity index (χ2n) is 8.05. The van der Waals surface area contributed by atoms with Gasteiger partial charge in [-0.3, -0.25) is 19.4 Å². The highest BCUT2D eigenvalue weighted by Gasteiger charge is 2.23. The highest BCUT2D eigenvalue weighted by atomic mass is 32.1. The van der Waals surface area contributed by atoms with Crippen LogP contribution in [0.3, 0.4) is 0 Å². The lowest BCUT2D eigenvalue weighted by molar-refractivity contribution is -0.125. The van der Waals surface area contributed by atoms with Gasteiger partial charge in [0.2, 0.25) is 11.8 Å². The number of rotatable bonds is 9. The molecule has 2 amide bonds. The van der Waals surface area contributed by atoms with E-state index in [-0.39, 0.29) is 17.9 Å². The molecule has 0 saturated carbocycles. The first-order valence-corrected chi connectivity index (χ1v) is 10.8. The molecule has 1 aromatic heterocycles. The van der Waals surface area contributed by atoms with Crippen molar-refractivity contribution in [2.75, 3.05) is 45.8 Å². The third-order valence-corrected chi connectivity index (χ3v) is 5.70. The van der Waals surface area contributed by atoms with E-state index in [1.165, 1.54) is 4.88 Å². The fourth-order valence-corrected chi connectivity index (χ4v) is 4.09. The predicted octanol–water partition coefficient (Wildman–Crippen LogP) is 1.95. The zero-order chi connectivity index (χ0) is 19.8. The Morgan fingerprint density at radius 1 is 1.04 bits per heavy atom. The number of piperazine rings is 1. The highest BCUT2D eigenvalue weighted by Crippen LogP contribution is 2.25. The number of hydrogen-bond donors (Lipinski definition) is 2. The maximum Gasteiger partial charge on any atom is 0.234 e. The van der Waals surface area contributed by atoms with Crippen molar-refractivity contribution in [3.8, 4) is 0 Å². The van der Waals surface area contributed by atoms with E-state index in [4.69, 9.17) is 0 Å². The van der Waals surface area contributed by atoms with Crippen LogP contribution >= 0.6 is 11.3 Å². The normalized spacial score (nSPS) is 17.3. The number of carbonyl (C=O) groups is 2. The van der Waals surface area contributed by atoms with Gasteiger partial charge in [0, 0.05) is 37.6 Å². The van der Waals surface area contributed by atoms with Crippen LogP contribution in [0.2, 0.25) is 0 Å². The molecule has 1 aromatic rings. The summed E-state index contributed by atoms with van der Waals surface area (Å²) in [7, 11) is 0. The molecule has 2 rings (SSSR count). The Labute approximate surface area is 167 Å². The van der Waals surface area contributed by atoms with Gasteiger partial charge >= 0.3 is 0 Å². The van der Waals surface area contributed by atoms with Crippen molar-refractivity contribution < 1.29 is 9.59 Å². The van der Waals surface area contributed by atoms with Crippen molar-refractivity contribution >= 4 is 23.2 Å². The molecular formula is C20H34N4O2S. The molecule has 0 aliphatic carbocycles. The van der Waals surface area contributed by atoms with Gasteiger partial charge in [-0.05, 0) is 23.3 Å². The second-order valence-corrected chi connectivity index (χ2v) is 9.03. The lowest BCUT2D eigenvalue weighted by atomic mass is 10.0. The first kappa shape index (κ1) is 21.9. The minimum atomic E-state index is 0.0726. The standard InChI is InChI=1S/C20H34N4O2S/c1-15(2)12-21-18(25)13-23-7-9-24(10-8-23)14-19(26)22-20(16(3)4)17-6-5-11-27-17/h5-6,11,15-16,20H,7-10,12-14H2,1-4H3,(H,21,25)(H,22,26)/t20-/m0/s1. The van der Waals surface area contributed by atoms with E-state index >= 15 is 0 Å². The molecule has 0 aromatic carbocycles. The van der Waals surface area contributed by atoms with E-state index < -0.39 is 0 Å². The van der Waals surface area contributed by atoms with Crippen LogP contribution in [0.5, 0.6) is 0 Å². The van der Waals surface area contributed by atoms with E-state index in [1.54, 1.807) is 11.3 Å². The SMILES string of the molecule is CC(C)CNC(=O)CN1CCN(CC(=O)N[C@H](c2cccs2)C(C)C)CC1. The highest BCUT2D eigenvalue weighted by molar-refractivity contribution is 7.10. The molecule has 152 valence electrons. The Morgan fingerprint density at radius 2 is 1.63 bits per heavy atom. The predicted molar refractivity (Wildman–Crippen MR) is 111 cm³/mol. The van der Waals surface area contributed by atoms with Crippen LogP contribution in [0.15, 0.2) is 17.5 Å². The number of thiophene rings is 1. The Bertz CT molecular complexity index is 581. The van der Waals surface area contributed by atoms with Gasteiger partial charge in [-0.1, -0.05) is 33.8 Å². The van der Waals surface area contributed by atoms with Crippen molar-refractivity contribution in [1.29, 1.82) is 0 Å². The van der Waals surface area contributed by atoms with E-state index in [0.717, 1.165) is 32.7 Å². The third-order valence-electron chi connectivity index (χ3n) is 4.74. The number of nitrogens with zero attached hydrogens (tertiary/aromatic N) is 2. The van der Waals surface area contributed by atoms with Crippen molar-refractivity contribution in [3.05, 3.63) is 22.4 Å². The lowest BCUT2D eigenvalue weighted by Crippen LogP contribution is -2.52. The van der Waals surface area contributed by atoms with Crippen LogP contribution in [0.25, 0.3) is 0 Å². The Hall–Kier alpha value is -1.44. The van der Waals surface area contributed by atoms with Crippen molar-refractivity contribution in [2.24, 2.45) is 11.8 Å². The first-order valence-electron chi connectivity index (χ1n) is 9.89. The molecule has 6 nitrogen and oxygen atoms in total. The number of amides is 2. The van der Waals surface area contributed by atoms with Crippen LogP contribution in [0.1, 0.15) is 38.6 Å². The average molecular weight is 395 g/mol. The van der Waals surface area contributed by atoms with Gasteiger partial charge in [-0.25, -0.2) is 0 Å². The largest absolute Gasteiger partial charge is 0.355 e. The molecule has 2 N–H and O–H groups in total. The molecule has 1 aliphatic heterocycles. The Balaban J connectivity index is 1.71. The van der Waals surface area contributed by atoms with E-state index in [2.05, 4.69) is 54.2 Å². The Morgan fingerprint density at radius 3 is 2.11 bits per heavy atom. The second kappa shape index (κ2) is 10.8. The molecule has 27 heavy (non-hydrogen) atoms. The number of carbonyl (C=O) groups excluding carboxylic acids is 2. The summed E-state index contributed by atoms with van der Waals surface area (Å²) in [4.78, 5) is 30.0. The van der Waals surface area contributed by atoms with Crippen molar-refractivity contribution in [2.45, 2.75) is 33.7 Å². The molecule has 1 saturated heterocycles.